The van der Waals surface area contributed by atoms with Gasteiger partial charge in [-0.3, -0.25) is 0 Å². The fourth-order valence-electron chi connectivity index (χ4n) is 2.53. The van der Waals surface area contributed by atoms with Crippen LogP contribution in [0.15, 0.2) is 29.2 Å². The second-order valence-electron chi connectivity index (χ2n) is 5.16. The van der Waals surface area contributed by atoms with Crippen molar-refractivity contribution in [2.24, 2.45) is 5.41 Å². The molecule has 0 unspecified atom stereocenters. The van der Waals surface area contributed by atoms with Crippen LogP contribution >= 0.6 is 27.7 Å². The lowest BCUT2D eigenvalue weighted by atomic mass is 9.77. The molecule has 1 aliphatic carbocycles. The zero-order valence-electron chi connectivity index (χ0n) is 11.0. The quantitative estimate of drug-likeness (QED) is 0.547. The molecule has 1 fully saturated rings. The van der Waals surface area contributed by atoms with Crippen molar-refractivity contribution < 1.29 is 4.74 Å². The summed E-state index contributed by atoms with van der Waals surface area (Å²) in [7, 11) is 1.71. The number of methoxy groups -OCH3 is 1. The second kappa shape index (κ2) is 6.85. The van der Waals surface area contributed by atoms with Gasteiger partial charge in [-0.25, -0.2) is 0 Å². The van der Waals surface area contributed by atoms with Crippen molar-refractivity contribution in [2.75, 3.05) is 18.2 Å². The Labute approximate surface area is 123 Å². The normalized spacial score (nSPS) is 18.6. The van der Waals surface area contributed by atoms with Crippen molar-refractivity contribution in [3.8, 4) is 5.75 Å². The molecule has 0 spiro atoms. The highest BCUT2D eigenvalue weighted by molar-refractivity contribution is 9.09. The Kier molecular flexibility index (Phi) is 5.43. The molecule has 3 heteroatoms. The van der Waals surface area contributed by atoms with Crippen LogP contribution in [0.25, 0.3) is 0 Å². The average Bonchev–Trinajstić information content (AvgIpc) is 2.47. The monoisotopic (exact) mass is 328 g/mol. The molecule has 0 heterocycles. The van der Waals surface area contributed by atoms with E-state index in [0.717, 1.165) is 11.1 Å². The van der Waals surface area contributed by atoms with Crippen LogP contribution in [0.5, 0.6) is 5.75 Å². The first-order valence-electron chi connectivity index (χ1n) is 6.61. The smallest absolute Gasteiger partial charge is 0.118 e. The lowest BCUT2D eigenvalue weighted by Crippen LogP contribution is -2.28. The van der Waals surface area contributed by atoms with Gasteiger partial charge in [0.2, 0.25) is 0 Å². The number of benzene rings is 1. The fourth-order valence-corrected chi connectivity index (χ4v) is 4.74. The van der Waals surface area contributed by atoms with Crippen molar-refractivity contribution in [1.82, 2.24) is 0 Å². The highest BCUT2D eigenvalue weighted by Gasteiger charge is 2.30. The summed E-state index contributed by atoms with van der Waals surface area (Å²) in [5.74, 6) is 2.16. The van der Waals surface area contributed by atoms with Crippen LogP contribution in [-0.4, -0.2) is 18.2 Å². The summed E-state index contributed by atoms with van der Waals surface area (Å²) in [4.78, 5) is 1.35. The SMILES string of the molecule is COc1ccc(SCC2(CBr)CCCCC2)cc1. The molecule has 0 amide bonds. The van der Waals surface area contributed by atoms with Crippen LogP contribution in [0.1, 0.15) is 32.1 Å². The highest BCUT2D eigenvalue weighted by atomic mass is 79.9. The summed E-state index contributed by atoms with van der Waals surface area (Å²) in [6.45, 7) is 0. The Morgan fingerprint density at radius 2 is 1.83 bits per heavy atom. The molecule has 1 aliphatic rings. The molecule has 1 aromatic carbocycles. The Morgan fingerprint density at radius 1 is 1.17 bits per heavy atom. The van der Waals surface area contributed by atoms with Gasteiger partial charge in [-0.2, -0.15) is 0 Å². The van der Waals surface area contributed by atoms with Gasteiger partial charge < -0.3 is 4.74 Å². The average molecular weight is 329 g/mol. The third-order valence-corrected chi connectivity index (χ3v) is 6.35. The van der Waals surface area contributed by atoms with Gasteiger partial charge in [-0.05, 0) is 42.5 Å². The van der Waals surface area contributed by atoms with E-state index >= 15 is 0 Å². The van der Waals surface area contributed by atoms with E-state index in [1.807, 2.05) is 23.9 Å². The molecule has 1 aromatic rings. The van der Waals surface area contributed by atoms with Gasteiger partial charge in [-0.1, -0.05) is 35.2 Å². The Balaban J connectivity index is 1.92. The molecule has 0 N–H and O–H groups in total. The van der Waals surface area contributed by atoms with E-state index in [-0.39, 0.29) is 0 Å². The number of thioether (sulfide) groups is 1. The first-order chi connectivity index (χ1) is 8.78. The van der Waals surface area contributed by atoms with Crippen molar-refractivity contribution in [2.45, 2.75) is 37.0 Å². The molecule has 1 nitrogen and oxygen atoms in total. The van der Waals surface area contributed by atoms with Crippen LogP contribution < -0.4 is 4.74 Å². The van der Waals surface area contributed by atoms with Gasteiger partial charge in [0.05, 0.1) is 7.11 Å². The van der Waals surface area contributed by atoms with Crippen LogP contribution in [0.3, 0.4) is 0 Å². The predicted molar refractivity (Wildman–Crippen MR) is 83.0 cm³/mol. The Hall–Kier alpha value is -0.150. The molecule has 1 saturated carbocycles. The summed E-state index contributed by atoms with van der Waals surface area (Å²) in [6.07, 6.45) is 6.97. The third-order valence-electron chi connectivity index (χ3n) is 3.80. The first kappa shape index (κ1) is 14.3. The molecular formula is C15H21BrOS. The van der Waals surface area contributed by atoms with Crippen molar-refractivity contribution in [1.29, 1.82) is 0 Å². The topological polar surface area (TPSA) is 9.23 Å². The maximum Gasteiger partial charge on any atom is 0.118 e. The van der Waals surface area contributed by atoms with E-state index in [0.29, 0.717) is 5.41 Å². The lowest BCUT2D eigenvalue weighted by molar-refractivity contribution is 0.260. The molecule has 0 saturated heterocycles. The molecule has 0 radical (unpaired) electrons. The first-order valence-corrected chi connectivity index (χ1v) is 8.72. The van der Waals surface area contributed by atoms with E-state index in [2.05, 4.69) is 28.1 Å². The summed E-state index contributed by atoms with van der Waals surface area (Å²) in [6, 6.07) is 8.41. The molecule has 0 aromatic heterocycles. The number of hydrogen-bond acceptors (Lipinski definition) is 2. The van der Waals surface area contributed by atoms with E-state index in [4.69, 9.17) is 4.74 Å². The summed E-state index contributed by atoms with van der Waals surface area (Å²) >= 11 is 5.72. The molecular weight excluding hydrogens is 308 g/mol. The number of ether oxygens (including phenoxy) is 1. The maximum atomic E-state index is 5.19. The molecule has 18 heavy (non-hydrogen) atoms. The summed E-state index contributed by atoms with van der Waals surface area (Å²) in [5, 5.41) is 1.14. The van der Waals surface area contributed by atoms with Crippen molar-refractivity contribution in [3.05, 3.63) is 24.3 Å². The third kappa shape index (κ3) is 3.67. The predicted octanol–water partition coefficient (Wildman–Crippen LogP) is 5.13. The zero-order valence-corrected chi connectivity index (χ0v) is 13.4. The Morgan fingerprint density at radius 3 is 2.39 bits per heavy atom. The van der Waals surface area contributed by atoms with Gasteiger partial charge in [0.15, 0.2) is 0 Å². The summed E-state index contributed by atoms with van der Waals surface area (Å²) < 4.78 is 5.19. The fraction of sp³-hybridized carbons (Fsp3) is 0.600. The van der Waals surface area contributed by atoms with Gasteiger partial charge in [-0.15, -0.1) is 11.8 Å². The largest absolute Gasteiger partial charge is 0.497 e. The number of halogens is 1. The van der Waals surface area contributed by atoms with Crippen LogP contribution in [0, 0.1) is 5.41 Å². The molecule has 0 bridgehead atoms. The van der Waals surface area contributed by atoms with E-state index in [1.165, 1.54) is 42.8 Å². The van der Waals surface area contributed by atoms with Crippen molar-refractivity contribution >= 4 is 27.7 Å². The highest BCUT2D eigenvalue weighted by Crippen LogP contribution is 2.42. The van der Waals surface area contributed by atoms with E-state index < -0.39 is 0 Å². The standard InChI is InChI=1S/C15H21BrOS/c1-17-13-5-7-14(8-6-13)18-12-15(11-16)9-3-2-4-10-15/h5-8H,2-4,9-12H2,1H3. The van der Waals surface area contributed by atoms with Gasteiger partial charge in [0.25, 0.3) is 0 Å². The van der Waals surface area contributed by atoms with E-state index in [9.17, 15) is 0 Å². The van der Waals surface area contributed by atoms with Gasteiger partial charge in [0.1, 0.15) is 5.75 Å². The van der Waals surface area contributed by atoms with Crippen molar-refractivity contribution in [3.63, 3.8) is 0 Å². The minimum atomic E-state index is 0.517. The number of hydrogen-bond donors (Lipinski definition) is 0. The van der Waals surface area contributed by atoms with Crippen LogP contribution in [-0.2, 0) is 0 Å². The molecule has 2 rings (SSSR count). The van der Waals surface area contributed by atoms with Gasteiger partial charge >= 0.3 is 0 Å². The number of alkyl halides is 1. The lowest BCUT2D eigenvalue weighted by Gasteiger charge is -2.35. The summed E-state index contributed by atoms with van der Waals surface area (Å²) in [5.41, 5.74) is 0.517. The molecule has 100 valence electrons. The molecule has 0 aliphatic heterocycles. The Bertz CT molecular complexity index is 357. The zero-order chi connectivity index (χ0) is 12.8. The van der Waals surface area contributed by atoms with Crippen LogP contribution in [0.2, 0.25) is 0 Å². The minimum Gasteiger partial charge on any atom is -0.497 e. The van der Waals surface area contributed by atoms with Gasteiger partial charge in [0, 0.05) is 16.0 Å². The molecule has 0 atom stereocenters. The number of rotatable bonds is 5. The second-order valence-corrected chi connectivity index (χ2v) is 6.77. The maximum absolute atomic E-state index is 5.19. The van der Waals surface area contributed by atoms with E-state index in [1.54, 1.807) is 7.11 Å². The van der Waals surface area contributed by atoms with Crippen LogP contribution in [0.4, 0.5) is 0 Å². The minimum absolute atomic E-state index is 0.517.